The van der Waals surface area contributed by atoms with Crippen LogP contribution in [0.5, 0.6) is 0 Å². The van der Waals surface area contributed by atoms with Gasteiger partial charge < -0.3 is 21.0 Å². The highest BCUT2D eigenvalue weighted by Crippen LogP contribution is 2.05. The largest absolute Gasteiger partial charge is 0.445 e. The molecule has 0 heterocycles. The summed E-state index contributed by atoms with van der Waals surface area (Å²) in [5.41, 5.74) is 7.48. The molecule has 0 aliphatic heterocycles. The molecule has 0 saturated heterocycles. The molecule has 0 aliphatic rings. The summed E-state index contributed by atoms with van der Waals surface area (Å²) in [4.78, 5) is 11.9. The van der Waals surface area contributed by atoms with E-state index in [0.29, 0.717) is 6.42 Å². The molecule has 0 aromatic heterocycles. The molecule has 2 aromatic rings. The molecule has 1 amide bonds. The van der Waals surface area contributed by atoms with Crippen molar-refractivity contribution < 1.29 is 14.7 Å². The summed E-state index contributed by atoms with van der Waals surface area (Å²) >= 11 is 0. The first-order valence-electron chi connectivity index (χ1n) is 7.17. The fourth-order valence-corrected chi connectivity index (χ4v) is 2.06. The molecule has 4 N–H and O–H groups in total. The van der Waals surface area contributed by atoms with Gasteiger partial charge in [-0.1, -0.05) is 65.8 Å². The van der Waals surface area contributed by atoms with Crippen LogP contribution in [0, 0.1) is 0 Å². The van der Waals surface area contributed by atoms with E-state index >= 15 is 0 Å². The predicted octanol–water partition coefficient (Wildman–Crippen LogP) is 2.27. The summed E-state index contributed by atoms with van der Waals surface area (Å²) in [5, 5.41) is 14.5. The molecule has 6 heteroatoms. The standard InChI is InChI=1S/C17H19N3O3/c18-16(20-22)15(11-13-7-3-1-4-8-13)19-17(21)23-12-14-9-5-2-6-10-14/h1-10,15,22H,11-12H2,(H2,18,20)(H,19,21)/t15-/m0/s1. The van der Waals surface area contributed by atoms with E-state index < -0.39 is 12.1 Å². The van der Waals surface area contributed by atoms with Crippen LogP contribution < -0.4 is 11.1 Å². The van der Waals surface area contributed by atoms with Crippen LogP contribution in [0.25, 0.3) is 0 Å². The van der Waals surface area contributed by atoms with Crippen molar-refractivity contribution in [1.29, 1.82) is 0 Å². The van der Waals surface area contributed by atoms with Crippen molar-refractivity contribution in [3.05, 3.63) is 71.8 Å². The van der Waals surface area contributed by atoms with Crippen LogP contribution in [0.1, 0.15) is 11.1 Å². The van der Waals surface area contributed by atoms with Gasteiger partial charge in [0, 0.05) is 6.42 Å². The SMILES string of the molecule is N/C(=N\O)[C@H](Cc1ccccc1)NC(=O)OCc1ccccc1. The van der Waals surface area contributed by atoms with Crippen LogP contribution in [0.4, 0.5) is 4.79 Å². The molecule has 1 atom stereocenters. The van der Waals surface area contributed by atoms with Crippen LogP contribution in [-0.4, -0.2) is 23.2 Å². The van der Waals surface area contributed by atoms with E-state index in [0.717, 1.165) is 11.1 Å². The number of ether oxygens (including phenoxy) is 1. The average molecular weight is 313 g/mol. The van der Waals surface area contributed by atoms with Gasteiger partial charge in [-0.05, 0) is 11.1 Å². The smallest absolute Gasteiger partial charge is 0.408 e. The number of amidine groups is 1. The third-order valence-electron chi connectivity index (χ3n) is 3.26. The Morgan fingerprint density at radius 3 is 2.22 bits per heavy atom. The average Bonchev–Trinajstić information content (AvgIpc) is 2.60. The molecule has 0 spiro atoms. The highest BCUT2D eigenvalue weighted by atomic mass is 16.5. The lowest BCUT2D eigenvalue weighted by Crippen LogP contribution is -2.46. The highest BCUT2D eigenvalue weighted by molar-refractivity contribution is 5.88. The van der Waals surface area contributed by atoms with Gasteiger partial charge in [0.05, 0.1) is 6.04 Å². The highest BCUT2D eigenvalue weighted by Gasteiger charge is 2.18. The summed E-state index contributed by atoms with van der Waals surface area (Å²) in [6.07, 6.45) is -0.224. The number of hydrogen-bond acceptors (Lipinski definition) is 4. The number of nitrogens with two attached hydrogens (primary N) is 1. The van der Waals surface area contributed by atoms with Crippen molar-refractivity contribution in [3.63, 3.8) is 0 Å². The molecular weight excluding hydrogens is 294 g/mol. The van der Waals surface area contributed by atoms with Gasteiger partial charge in [0.2, 0.25) is 0 Å². The van der Waals surface area contributed by atoms with E-state index in [4.69, 9.17) is 15.7 Å². The Labute approximate surface area is 134 Å². The van der Waals surface area contributed by atoms with Crippen molar-refractivity contribution in [2.75, 3.05) is 0 Å². The zero-order valence-corrected chi connectivity index (χ0v) is 12.6. The Bertz CT molecular complexity index is 645. The number of benzene rings is 2. The Kier molecular flexibility index (Phi) is 5.99. The van der Waals surface area contributed by atoms with Crippen LogP contribution in [-0.2, 0) is 17.8 Å². The van der Waals surface area contributed by atoms with Crippen molar-refractivity contribution in [3.8, 4) is 0 Å². The quantitative estimate of drug-likeness (QED) is 0.330. The summed E-state index contributed by atoms with van der Waals surface area (Å²) in [7, 11) is 0. The molecule has 120 valence electrons. The third kappa shape index (κ3) is 5.35. The predicted molar refractivity (Wildman–Crippen MR) is 87.1 cm³/mol. The van der Waals surface area contributed by atoms with Gasteiger partial charge in [0.25, 0.3) is 0 Å². The zero-order chi connectivity index (χ0) is 16.5. The minimum atomic E-state index is -0.648. The lowest BCUT2D eigenvalue weighted by Gasteiger charge is -2.17. The number of nitrogens with zero attached hydrogens (tertiary/aromatic N) is 1. The summed E-state index contributed by atoms with van der Waals surface area (Å²) in [6.45, 7) is 0.154. The van der Waals surface area contributed by atoms with Gasteiger partial charge in [-0.15, -0.1) is 0 Å². The van der Waals surface area contributed by atoms with Gasteiger partial charge in [-0.25, -0.2) is 4.79 Å². The van der Waals surface area contributed by atoms with E-state index in [1.807, 2.05) is 60.7 Å². The number of amides is 1. The van der Waals surface area contributed by atoms with Gasteiger partial charge >= 0.3 is 6.09 Å². The Morgan fingerprint density at radius 1 is 1.09 bits per heavy atom. The number of carbonyl (C=O) groups is 1. The Hall–Kier alpha value is -3.02. The first-order chi connectivity index (χ1) is 11.2. The molecule has 0 aliphatic carbocycles. The number of hydrogen-bond donors (Lipinski definition) is 3. The van der Waals surface area contributed by atoms with Gasteiger partial charge in [0.1, 0.15) is 6.61 Å². The van der Waals surface area contributed by atoms with E-state index in [1.165, 1.54) is 0 Å². The third-order valence-corrected chi connectivity index (χ3v) is 3.26. The van der Waals surface area contributed by atoms with E-state index in [1.54, 1.807) is 0 Å². The van der Waals surface area contributed by atoms with E-state index in [2.05, 4.69) is 10.5 Å². The summed E-state index contributed by atoms with van der Waals surface area (Å²) < 4.78 is 5.15. The second kappa shape index (κ2) is 8.43. The first kappa shape index (κ1) is 16.4. The Balaban J connectivity index is 1.93. The normalized spacial score (nSPS) is 12.4. The monoisotopic (exact) mass is 313 g/mol. The molecule has 0 fully saturated rings. The van der Waals surface area contributed by atoms with Gasteiger partial charge in [0.15, 0.2) is 5.84 Å². The maximum Gasteiger partial charge on any atom is 0.408 e. The molecule has 0 saturated carbocycles. The van der Waals surface area contributed by atoms with Crippen molar-refractivity contribution >= 4 is 11.9 Å². The summed E-state index contributed by atoms with van der Waals surface area (Å²) in [5.74, 6) is -0.0782. The number of oxime groups is 1. The molecule has 23 heavy (non-hydrogen) atoms. The lowest BCUT2D eigenvalue weighted by molar-refractivity contribution is 0.138. The molecule has 2 aromatic carbocycles. The molecule has 0 radical (unpaired) electrons. The first-order valence-corrected chi connectivity index (χ1v) is 7.17. The molecule has 6 nitrogen and oxygen atoms in total. The van der Waals surface area contributed by atoms with Crippen molar-refractivity contribution in [1.82, 2.24) is 5.32 Å². The molecule has 0 unspecified atom stereocenters. The topological polar surface area (TPSA) is 96.9 Å². The molecular formula is C17H19N3O3. The number of nitrogens with one attached hydrogen (secondary N) is 1. The molecule has 2 rings (SSSR count). The van der Waals surface area contributed by atoms with Gasteiger partial charge in [-0.2, -0.15) is 0 Å². The fourth-order valence-electron chi connectivity index (χ4n) is 2.06. The van der Waals surface area contributed by atoms with Crippen LogP contribution >= 0.6 is 0 Å². The van der Waals surface area contributed by atoms with Crippen molar-refractivity contribution in [2.45, 2.75) is 19.1 Å². The van der Waals surface area contributed by atoms with E-state index in [-0.39, 0.29) is 12.4 Å². The maximum atomic E-state index is 11.9. The van der Waals surface area contributed by atoms with E-state index in [9.17, 15) is 4.79 Å². The van der Waals surface area contributed by atoms with Gasteiger partial charge in [-0.3, -0.25) is 0 Å². The molecule has 0 bridgehead atoms. The fraction of sp³-hybridized carbons (Fsp3) is 0.176. The second-order valence-electron chi connectivity index (χ2n) is 4.97. The van der Waals surface area contributed by atoms with Crippen molar-refractivity contribution in [2.24, 2.45) is 10.9 Å². The van der Waals surface area contributed by atoms with Crippen LogP contribution in [0.15, 0.2) is 65.8 Å². The number of rotatable bonds is 6. The minimum Gasteiger partial charge on any atom is -0.445 e. The summed E-state index contributed by atoms with van der Waals surface area (Å²) in [6, 6.07) is 18.1. The Morgan fingerprint density at radius 2 is 1.65 bits per heavy atom. The zero-order valence-electron chi connectivity index (χ0n) is 12.6. The van der Waals surface area contributed by atoms with Crippen LogP contribution in [0.2, 0.25) is 0 Å². The second-order valence-corrected chi connectivity index (χ2v) is 4.97. The van der Waals surface area contributed by atoms with Crippen LogP contribution in [0.3, 0.4) is 0 Å². The number of carbonyl (C=O) groups excluding carboxylic acids is 1. The number of alkyl carbamates (subject to hydrolysis) is 1. The lowest BCUT2D eigenvalue weighted by atomic mass is 10.1. The maximum absolute atomic E-state index is 11.9. The minimum absolute atomic E-state index is 0.0782.